The molecule has 182 valence electrons. The van der Waals surface area contributed by atoms with Gasteiger partial charge >= 0.3 is 0 Å². The molecule has 0 saturated carbocycles. The van der Waals surface area contributed by atoms with Crippen LogP contribution < -0.4 is 15.0 Å². The second-order valence-corrected chi connectivity index (χ2v) is 9.32. The van der Waals surface area contributed by atoms with Crippen LogP contribution in [0.5, 0.6) is 11.5 Å². The summed E-state index contributed by atoms with van der Waals surface area (Å²) >= 11 is 7.41. The number of para-hydroxylation sites is 1. The highest BCUT2D eigenvalue weighted by Crippen LogP contribution is 2.31. The monoisotopic (exact) mass is 519 g/mol. The zero-order valence-corrected chi connectivity index (χ0v) is 21.4. The van der Waals surface area contributed by atoms with Gasteiger partial charge in [-0.15, -0.1) is 0 Å². The quantitative estimate of drug-likeness (QED) is 0.184. The first-order valence-corrected chi connectivity index (χ1v) is 12.4. The molecule has 2 heterocycles. The van der Waals surface area contributed by atoms with Crippen LogP contribution in [-0.2, 0) is 5.75 Å². The Hall–Kier alpha value is -3.75. The van der Waals surface area contributed by atoms with Crippen molar-refractivity contribution in [3.63, 3.8) is 0 Å². The SMILES string of the molecule is COc1cc(OC)cc(-n2c(SCc3nc(-c4ccc(Cl)cc4)oc3C)nc3ccccc3c2=O)c1. The number of ether oxygens (including phenoxy) is 2. The minimum absolute atomic E-state index is 0.183. The molecule has 3 aromatic carbocycles. The number of rotatable bonds is 7. The number of halogens is 1. The van der Waals surface area contributed by atoms with Gasteiger partial charge in [-0.2, -0.15) is 0 Å². The van der Waals surface area contributed by atoms with Crippen molar-refractivity contribution in [2.24, 2.45) is 0 Å². The van der Waals surface area contributed by atoms with Crippen molar-refractivity contribution in [2.45, 2.75) is 17.8 Å². The lowest BCUT2D eigenvalue weighted by molar-refractivity contribution is 0.394. The predicted octanol–water partition coefficient (Wildman–Crippen LogP) is 6.31. The van der Waals surface area contributed by atoms with Crippen LogP contribution >= 0.6 is 23.4 Å². The van der Waals surface area contributed by atoms with Gasteiger partial charge in [0.25, 0.3) is 5.56 Å². The van der Waals surface area contributed by atoms with E-state index in [2.05, 4.69) is 4.98 Å². The molecule has 5 rings (SSSR count). The van der Waals surface area contributed by atoms with Gasteiger partial charge in [0.15, 0.2) is 5.16 Å². The second-order valence-electron chi connectivity index (χ2n) is 7.94. The van der Waals surface area contributed by atoms with Gasteiger partial charge in [-0.25, -0.2) is 9.97 Å². The highest BCUT2D eigenvalue weighted by molar-refractivity contribution is 7.98. The molecule has 0 bridgehead atoms. The first-order chi connectivity index (χ1) is 17.5. The van der Waals surface area contributed by atoms with E-state index in [0.717, 1.165) is 11.3 Å². The van der Waals surface area contributed by atoms with E-state index in [0.29, 0.717) is 55.7 Å². The van der Waals surface area contributed by atoms with Gasteiger partial charge in [0.2, 0.25) is 5.89 Å². The lowest BCUT2D eigenvalue weighted by Crippen LogP contribution is -2.22. The molecule has 2 aromatic heterocycles. The Kier molecular flexibility index (Phi) is 6.71. The minimum Gasteiger partial charge on any atom is -0.497 e. The Labute approximate surface area is 216 Å². The van der Waals surface area contributed by atoms with E-state index < -0.39 is 0 Å². The molecule has 7 nitrogen and oxygen atoms in total. The summed E-state index contributed by atoms with van der Waals surface area (Å²) in [5.74, 6) is 2.81. The molecule has 0 aliphatic rings. The third-order valence-corrected chi connectivity index (χ3v) is 6.86. The maximum Gasteiger partial charge on any atom is 0.266 e. The number of fused-ring (bicyclic) bond motifs is 1. The summed E-state index contributed by atoms with van der Waals surface area (Å²) in [6.45, 7) is 1.87. The van der Waals surface area contributed by atoms with Gasteiger partial charge in [-0.3, -0.25) is 9.36 Å². The minimum atomic E-state index is -0.183. The zero-order valence-electron chi connectivity index (χ0n) is 19.8. The van der Waals surface area contributed by atoms with Crippen molar-refractivity contribution in [2.75, 3.05) is 14.2 Å². The van der Waals surface area contributed by atoms with Gasteiger partial charge in [-0.05, 0) is 43.3 Å². The lowest BCUT2D eigenvalue weighted by atomic mass is 10.2. The molecule has 0 atom stereocenters. The first kappa shape index (κ1) is 24.0. The Balaban J connectivity index is 1.57. The molecule has 0 fully saturated rings. The van der Waals surface area contributed by atoms with Gasteiger partial charge < -0.3 is 13.9 Å². The highest BCUT2D eigenvalue weighted by atomic mass is 35.5. The summed E-state index contributed by atoms with van der Waals surface area (Å²) in [5, 5.41) is 1.68. The van der Waals surface area contributed by atoms with Crippen LogP contribution in [0, 0.1) is 6.92 Å². The summed E-state index contributed by atoms with van der Waals surface area (Å²) in [6, 6.07) is 19.9. The number of aryl methyl sites for hydroxylation is 1. The van der Waals surface area contributed by atoms with Crippen molar-refractivity contribution < 1.29 is 13.9 Å². The van der Waals surface area contributed by atoms with E-state index in [-0.39, 0.29) is 5.56 Å². The molecule has 9 heteroatoms. The van der Waals surface area contributed by atoms with E-state index in [1.165, 1.54) is 11.8 Å². The number of oxazole rings is 1. The molecule has 36 heavy (non-hydrogen) atoms. The van der Waals surface area contributed by atoms with E-state index in [4.69, 9.17) is 30.5 Å². The average molecular weight is 520 g/mol. The molecule has 0 amide bonds. The van der Waals surface area contributed by atoms with Gasteiger partial charge in [-0.1, -0.05) is 35.5 Å². The van der Waals surface area contributed by atoms with E-state index >= 15 is 0 Å². The molecule has 5 aromatic rings. The Morgan fingerprint density at radius 3 is 2.36 bits per heavy atom. The van der Waals surface area contributed by atoms with E-state index in [1.807, 2.05) is 37.3 Å². The van der Waals surface area contributed by atoms with Crippen molar-refractivity contribution in [1.29, 1.82) is 0 Å². The topological polar surface area (TPSA) is 79.4 Å². The Morgan fingerprint density at radius 2 is 1.67 bits per heavy atom. The number of hydrogen-bond acceptors (Lipinski definition) is 7. The molecule has 0 saturated heterocycles. The molecular weight excluding hydrogens is 498 g/mol. The largest absolute Gasteiger partial charge is 0.497 e. The van der Waals surface area contributed by atoms with Gasteiger partial charge in [0, 0.05) is 34.5 Å². The fraction of sp³-hybridized carbons (Fsp3) is 0.148. The fourth-order valence-electron chi connectivity index (χ4n) is 3.77. The predicted molar refractivity (Wildman–Crippen MR) is 142 cm³/mol. The molecule has 0 spiro atoms. The summed E-state index contributed by atoms with van der Waals surface area (Å²) in [4.78, 5) is 23.1. The maximum atomic E-state index is 13.6. The second kappa shape index (κ2) is 10.1. The number of benzene rings is 3. The Morgan fingerprint density at radius 1 is 0.972 bits per heavy atom. The van der Waals surface area contributed by atoms with Crippen LogP contribution in [0.4, 0.5) is 0 Å². The zero-order chi connectivity index (χ0) is 25.2. The molecular formula is C27H22ClN3O4S. The van der Waals surface area contributed by atoms with E-state index in [1.54, 1.807) is 55.2 Å². The van der Waals surface area contributed by atoms with Gasteiger partial charge in [0.1, 0.15) is 17.3 Å². The lowest BCUT2D eigenvalue weighted by Gasteiger charge is -2.15. The standard InChI is InChI=1S/C27H22ClN3O4S/c1-16-24(29-25(35-16)17-8-10-18(28)11-9-17)15-36-27-30-23-7-5-4-6-22(23)26(32)31(27)19-12-20(33-2)14-21(13-19)34-3/h4-14H,15H2,1-3H3. The van der Waals surface area contributed by atoms with E-state index in [9.17, 15) is 4.79 Å². The Bertz CT molecular complexity index is 1590. The smallest absolute Gasteiger partial charge is 0.266 e. The summed E-state index contributed by atoms with van der Waals surface area (Å²) in [7, 11) is 3.14. The first-order valence-electron chi connectivity index (χ1n) is 11.1. The van der Waals surface area contributed by atoms with Crippen molar-refractivity contribution in [3.05, 3.63) is 93.6 Å². The normalized spacial score (nSPS) is 11.1. The number of hydrogen-bond donors (Lipinski definition) is 0. The van der Waals surface area contributed by atoms with Crippen LogP contribution in [0.25, 0.3) is 28.0 Å². The average Bonchev–Trinajstić information content (AvgIpc) is 3.27. The molecule has 0 unspecified atom stereocenters. The molecule has 0 radical (unpaired) electrons. The number of methoxy groups -OCH3 is 2. The molecule has 0 N–H and O–H groups in total. The number of thioether (sulfide) groups is 1. The van der Waals surface area contributed by atoms with Crippen LogP contribution in [-0.4, -0.2) is 28.8 Å². The maximum absolute atomic E-state index is 13.6. The number of nitrogens with zero attached hydrogens (tertiary/aromatic N) is 3. The summed E-state index contributed by atoms with van der Waals surface area (Å²) in [6.07, 6.45) is 0. The molecule has 0 aliphatic heterocycles. The van der Waals surface area contributed by atoms with Crippen LogP contribution in [0.2, 0.25) is 5.02 Å². The molecule has 0 aliphatic carbocycles. The number of aromatic nitrogens is 3. The summed E-state index contributed by atoms with van der Waals surface area (Å²) < 4.78 is 18.3. The van der Waals surface area contributed by atoms with Crippen LogP contribution in [0.15, 0.2) is 81.1 Å². The van der Waals surface area contributed by atoms with Crippen molar-refractivity contribution in [1.82, 2.24) is 14.5 Å². The van der Waals surface area contributed by atoms with Gasteiger partial charge in [0.05, 0.1) is 36.5 Å². The van der Waals surface area contributed by atoms with Crippen LogP contribution in [0.1, 0.15) is 11.5 Å². The highest BCUT2D eigenvalue weighted by Gasteiger charge is 2.18. The van der Waals surface area contributed by atoms with Crippen molar-refractivity contribution >= 4 is 34.3 Å². The van der Waals surface area contributed by atoms with Crippen molar-refractivity contribution in [3.8, 4) is 28.6 Å². The third kappa shape index (κ3) is 4.69. The third-order valence-electron chi connectivity index (χ3n) is 5.66. The fourth-order valence-corrected chi connectivity index (χ4v) is 4.91. The summed E-state index contributed by atoms with van der Waals surface area (Å²) in [5.41, 5.74) is 2.63. The van der Waals surface area contributed by atoms with Crippen LogP contribution in [0.3, 0.4) is 0 Å².